The number of amides is 1. The zero-order valence-corrected chi connectivity index (χ0v) is 15.8. The molecule has 0 aromatic heterocycles. The van der Waals surface area contributed by atoms with Crippen molar-refractivity contribution in [3.8, 4) is 11.1 Å². The van der Waals surface area contributed by atoms with Crippen molar-refractivity contribution in [2.75, 3.05) is 13.1 Å². The molecule has 0 unspecified atom stereocenters. The molecule has 3 rings (SSSR count). The summed E-state index contributed by atoms with van der Waals surface area (Å²) in [6, 6.07) is 11.8. The van der Waals surface area contributed by atoms with Crippen LogP contribution in [-0.2, 0) is 0 Å². The molecule has 3 N–H and O–H groups in total. The van der Waals surface area contributed by atoms with Crippen molar-refractivity contribution >= 4 is 18.2 Å². The predicted octanol–water partition coefficient (Wildman–Crippen LogP) is 1.64. The number of benzene rings is 2. The van der Waals surface area contributed by atoms with Gasteiger partial charge in [-0.3, -0.25) is 9.80 Å². The van der Waals surface area contributed by atoms with Crippen LogP contribution < -0.4 is 21.6 Å². The minimum Gasteiger partial charge on any atom is -0.387 e. The SMILES string of the molecule is Cc1ccc(C(=O)N(N)C(C)(C)CN=O)cc1-c1ccc2c(c1)=CNCC=2. The molecule has 2 aromatic carbocycles. The van der Waals surface area contributed by atoms with Crippen LogP contribution in [-0.4, -0.2) is 29.5 Å². The van der Waals surface area contributed by atoms with Crippen LogP contribution in [0.15, 0.2) is 41.6 Å². The van der Waals surface area contributed by atoms with Gasteiger partial charge in [-0.25, -0.2) is 5.84 Å². The number of rotatable bonds is 5. The van der Waals surface area contributed by atoms with Crippen LogP contribution in [0.2, 0.25) is 0 Å². The van der Waals surface area contributed by atoms with Crippen LogP contribution in [0.5, 0.6) is 0 Å². The Hall–Kier alpha value is -2.99. The lowest BCUT2D eigenvalue weighted by atomic mass is 9.96. The Morgan fingerprint density at radius 1 is 1.22 bits per heavy atom. The Morgan fingerprint density at radius 3 is 2.74 bits per heavy atom. The molecule has 0 fully saturated rings. The third-order valence-electron chi connectivity index (χ3n) is 4.90. The van der Waals surface area contributed by atoms with Gasteiger partial charge in [0.15, 0.2) is 0 Å². The number of carbonyl (C=O) groups is 1. The molecule has 6 heteroatoms. The van der Waals surface area contributed by atoms with Crippen molar-refractivity contribution in [2.45, 2.75) is 26.3 Å². The molecule has 0 spiro atoms. The van der Waals surface area contributed by atoms with E-state index in [9.17, 15) is 9.70 Å². The normalized spacial score (nSPS) is 12.9. The lowest BCUT2D eigenvalue weighted by molar-refractivity contribution is 0.0563. The first-order chi connectivity index (χ1) is 12.8. The van der Waals surface area contributed by atoms with E-state index < -0.39 is 5.54 Å². The average molecular weight is 364 g/mol. The molecule has 1 aliphatic rings. The van der Waals surface area contributed by atoms with Crippen LogP contribution in [0.4, 0.5) is 0 Å². The molecule has 140 valence electrons. The third kappa shape index (κ3) is 3.75. The third-order valence-corrected chi connectivity index (χ3v) is 4.90. The number of hydrazine groups is 1. The number of nitrogens with one attached hydrogen (secondary N) is 1. The molecular weight excluding hydrogens is 340 g/mol. The first-order valence-electron chi connectivity index (χ1n) is 8.87. The number of nitrogens with two attached hydrogens (primary N) is 1. The van der Waals surface area contributed by atoms with Crippen LogP contribution >= 0.6 is 0 Å². The van der Waals surface area contributed by atoms with E-state index in [1.165, 1.54) is 5.22 Å². The first-order valence-corrected chi connectivity index (χ1v) is 8.87. The van der Waals surface area contributed by atoms with Crippen molar-refractivity contribution < 1.29 is 4.79 Å². The van der Waals surface area contributed by atoms with E-state index in [4.69, 9.17) is 5.84 Å². The van der Waals surface area contributed by atoms with Crippen LogP contribution in [0.1, 0.15) is 29.8 Å². The van der Waals surface area contributed by atoms with E-state index >= 15 is 0 Å². The fourth-order valence-electron chi connectivity index (χ4n) is 3.11. The summed E-state index contributed by atoms with van der Waals surface area (Å²) in [5.74, 6) is 5.66. The minimum absolute atomic E-state index is 0.0713. The van der Waals surface area contributed by atoms with Gasteiger partial charge in [-0.15, -0.1) is 0 Å². The Labute approximate surface area is 158 Å². The van der Waals surface area contributed by atoms with Gasteiger partial charge in [0.1, 0.15) is 6.54 Å². The Kier molecular flexibility index (Phi) is 5.10. The second-order valence-electron chi connectivity index (χ2n) is 7.40. The lowest BCUT2D eigenvalue weighted by Crippen LogP contribution is -2.54. The quantitative estimate of drug-likeness (QED) is 0.365. The van der Waals surface area contributed by atoms with Gasteiger partial charge in [0.25, 0.3) is 5.91 Å². The average Bonchev–Trinajstić information content (AvgIpc) is 2.66. The second-order valence-corrected chi connectivity index (χ2v) is 7.40. The van der Waals surface area contributed by atoms with E-state index in [1.54, 1.807) is 19.9 Å². The molecule has 0 saturated carbocycles. The van der Waals surface area contributed by atoms with Gasteiger partial charge in [-0.1, -0.05) is 29.5 Å². The number of fused-ring (bicyclic) bond motifs is 1. The molecule has 0 bridgehead atoms. The topological polar surface area (TPSA) is 87.8 Å². The molecular formula is C21H24N4O2. The summed E-state index contributed by atoms with van der Waals surface area (Å²) in [7, 11) is 0. The van der Waals surface area contributed by atoms with Crippen molar-refractivity contribution in [1.29, 1.82) is 0 Å². The highest BCUT2D eigenvalue weighted by Gasteiger charge is 2.30. The van der Waals surface area contributed by atoms with Crippen molar-refractivity contribution in [1.82, 2.24) is 10.3 Å². The molecule has 0 saturated heterocycles. The standard InChI is InChI=1S/C21H24N4O2/c1-14-4-5-17(20(26)25(22)21(2,3)13-24-27)11-19(14)16-7-6-15-8-9-23-12-18(15)10-16/h4-8,10-12,23H,9,13,22H2,1-3H3. The van der Waals surface area contributed by atoms with E-state index in [2.05, 4.69) is 34.8 Å². The van der Waals surface area contributed by atoms with Crippen molar-refractivity contribution in [3.05, 3.63) is 62.9 Å². The Balaban J connectivity index is 2.00. The maximum Gasteiger partial charge on any atom is 0.268 e. The van der Waals surface area contributed by atoms with Crippen LogP contribution in [0, 0.1) is 11.8 Å². The van der Waals surface area contributed by atoms with E-state index in [0.717, 1.165) is 33.5 Å². The zero-order valence-electron chi connectivity index (χ0n) is 15.8. The molecule has 1 amide bonds. The number of hydrogen-bond donors (Lipinski definition) is 2. The number of hydrogen-bond acceptors (Lipinski definition) is 5. The van der Waals surface area contributed by atoms with E-state index in [1.807, 2.05) is 25.3 Å². The highest BCUT2D eigenvalue weighted by atomic mass is 16.3. The van der Waals surface area contributed by atoms with Gasteiger partial charge in [-0.2, -0.15) is 4.91 Å². The number of aryl methyl sites for hydroxylation is 1. The molecule has 0 atom stereocenters. The number of carbonyl (C=O) groups excluding carboxylic acids is 1. The van der Waals surface area contributed by atoms with Gasteiger partial charge in [-0.05, 0) is 66.1 Å². The molecule has 0 aliphatic carbocycles. The fourth-order valence-corrected chi connectivity index (χ4v) is 3.11. The van der Waals surface area contributed by atoms with Crippen LogP contribution in [0.25, 0.3) is 23.4 Å². The smallest absolute Gasteiger partial charge is 0.268 e. The van der Waals surface area contributed by atoms with Gasteiger partial charge < -0.3 is 5.32 Å². The maximum absolute atomic E-state index is 12.8. The summed E-state index contributed by atoms with van der Waals surface area (Å²) < 4.78 is 0. The molecule has 27 heavy (non-hydrogen) atoms. The van der Waals surface area contributed by atoms with E-state index in [0.29, 0.717) is 5.56 Å². The fraction of sp³-hybridized carbons (Fsp3) is 0.286. The summed E-state index contributed by atoms with van der Waals surface area (Å²) in [5.41, 5.74) is 2.70. The monoisotopic (exact) mass is 364 g/mol. The van der Waals surface area contributed by atoms with Crippen molar-refractivity contribution in [3.63, 3.8) is 0 Å². The minimum atomic E-state index is -0.855. The molecule has 1 aliphatic heterocycles. The van der Waals surface area contributed by atoms with Gasteiger partial charge in [0.05, 0.1) is 5.54 Å². The first kappa shape index (κ1) is 18.8. The lowest BCUT2D eigenvalue weighted by Gasteiger charge is -2.32. The van der Waals surface area contributed by atoms with Gasteiger partial charge in [0.2, 0.25) is 0 Å². The summed E-state index contributed by atoms with van der Waals surface area (Å²) >= 11 is 0. The zero-order chi connectivity index (χ0) is 19.6. The number of nitrogens with zero attached hydrogens (tertiary/aromatic N) is 2. The van der Waals surface area contributed by atoms with Gasteiger partial charge in [0, 0.05) is 18.3 Å². The largest absolute Gasteiger partial charge is 0.387 e. The summed E-state index contributed by atoms with van der Waals surface area (Å²) in [5, 5.41) is 9.50. The molecule has 0 radical (unpaired) electrons. The summed E-state index contributed by atoms with van der Waals surface area (Å²) in [6.45, 7) is 6.19. The van der Waals surface area contributed by atoms with Crippen LogP contribution in [0.3, 0.4) is 0 Å². The number of nitroso groups, excluding NO2 is 1. The summed E-state index contributed by atoms with van der Waals surface area (Å²) in [6.07, 6.45) is 4.14. The predicted molar refractivity (Wildman–Crippen MR) is 108 cm³/mol. The Bertz CT molecular complexity index is 1010. The molecule has 1 heterocycles. The summed E-state index contributed by atoms with van der Waals surface area (Å²) in [4.78, 5) is 23.5. The van der Waals surface area contributed by atoms with E-state index in [-0.39, 0.29) is 12.5 Å². The molecule has 2 aromatic rings. The Morgan fingerprint density at radius 2 is 2.00 bits per heavy atom. The van der Waals surface area contributed by atoms with Crippen molar-refractivity contribution in [2.24, 2.45) is 11.0 Å². The van der Waals surface area contributed by atoms with Gasteiger partial charge >= 0.3 is 0 Å². The highest BCUT2D eigenvalue weighted by Crippen LogP contribution is 2.25. The maximum atomic E-state index is 12.8. The highest BCUT2D eigenvalue weighted by molar-refractivity contribution is 5.96. The second kappa shape index (κ2) is 7.32. The molecule has 6 nitrogen and oxygen atoms in total.